The Balaban J connectivity index is 2.79. The fourth-order valence-corrected chi connectivity index (χ4v) is 3.41. The summed E-state index contributed by atoms with van der Waals surface area (Å²) in [6.07, 6.45) is 0. The van der Waals surface area contributed by atoms with E-state index in [1.807, 2.05) is 25.5 Å². The number of aromatic nitrogens is 1. The van der Waals surface area contributed by atoms with Crippen molar-refractivity contribution in [3.8, 4) is 0 Å². The highest BCUT2D eigenvalue weighted by molar-refractivity contribution is 8.01. The number of sulfonamides is 1. The van der Waals surface area contributed by atoms with Gasteiger partial charge in [0.1, 0.15) is 5.69 Å². The lowest BCUT2D eigenvalue weighted by Gasteiger charge is -2.16. The van der Waals surface area contributed by atoms with E-state index in [0.717, 1.165) is 0 Å². The van der Waals surface area contributed by atoms with Crippen molar-refractivity contribution in [2.45, 2.75) is 44.3 Å². The fraction of sp³-hybridized carbons (Fsp3) is 0.636. The largest absolute Gasteiger partial charge is 0.360 e. The van der Waals surface area contributed by atoms with Crippen LogP contribution in [0.5, 0.6) is 0 Å². The lowest BCUT2D eigenvalue weighted by Crippen LogP contribution is -2.33. The predicted molar refractivity (Wildman–Crippen MR) is 73.5 cm³/mol. The van der Waals surface area contributed by atoms with Gasteiger partial charge >= 0.3 is 0 Å². The first kappa shape index (κ1) is 16.0. The van der Waals surface area contributed by atoms with Gasteiger partial charge in [-0.3, -0.25) is 4.79 Å². The molecular weight excluding hydrogens is 288 g/mol. The minimum absolute atomic E-state index is 0.0680. The van der Waals surface area contributed by atoms with Crippen molar-refractivity contribution in [1.29, 1.82) is 0 Å². The Labute approximate surface area is 117 Å². The summed E-state index contributed by atoms with van der Waals surface area (Å²) in [6.45, 7) is 8.86. The number of nitrogens with zero attached hydrogens (tertiary/aromatic N) is 1. The minimum Gasteiger partial charge on any atom is -0.360 e. The summed E-state index contributed by atoms with van der Waals surface area (Å²) in [5.74, 6) is -0.312. The molecule has 1 aromatic rings. The second-order valence-electron chi connectivity index (χ2n) is 5.08. The average Bonchev–Trinajstić information content (AvgIpc) is 2.54. The molecule has 0 saturated heterocycles. The molecule has 1 rings (SSSR count). The molecule has 1 aromatic heterocycles. The second-order valence-corrected chi connectivity index (χ2v) is 8.50. The van der Waals surface area contributed by atoms with E-state index in [2.05, 4.69) is 5.16 Å². The number of hydrogen-bond acceptors (Lipinski definition) is 6. The van der Waals surface area contributed by atoms with Crippen LogP contribution in [0.4, 0.5) is 0 Å². The van der Waals surface area contributed by atoms with Crippen molar-refractivity contribution in [1.82, 2.24) is 9.88 Å². The van der Waals surface area contributed by atoms with Gasteiger partial charge in [-0.1, -0.05) is 25.9 Å². The molecule has 19 heavy (non-hydrogen) atoms. The first-order valence-corrected chi connectivity index (χ1v) is 8.12. The Bertz CT molecular complexity index is 551. The lowest BCUT2D eigenvalue weighted by molar-refractivity contribution is -0.116. The third kappa shape index (κ3) is 4.54. The third-order valence-corrected chi connectivity index (χ3v) is 5.01. The van der Waals surface area contributed by atoms with Gasteiger partial charge in [0.2, 0.25) is 5.91 Å². The van der Waals surface area contributed by atoms with Crippen LogP contribution in [-0.4, -0.2) is 30.0 Å². The highest BCUT2D eigenvalue weighted by Gasteiger charge is 2.26. The Kier molecular flexibility index (Phi) is 4.67. The SMILES string of the molecule is Cc1noc(C)c1S(=O)(=O)NC(=O)CSC(C)(C)C. The molecule has 0 aliphatic rings. The number of nitrogens with one attached hydrogen (secondary N) is 1. The zero-order valence-corrected chi connectivity index (χ0v) is 13.2. The summed E-state index contributed by atoms with van der Waals surface area (Å²) in [5.41, 5.74) is 0.237. The zero-order chi connectivity index (χ0) is 14.8. The van der Waals surface area contributed by atoms with Gasteiger partial charge < -0.3 is 4.52 Å². The Morgan fingerprint density at radius 1 is 1.37 bits per heavy atom. The van der Waals surface area contributed by atoms with Gasteiger partial charge in [-0.15, -0.1) is 11.8 Å². The summed E-state index contributed by atoms with van der Waals surface area (Å²) < 4.78 is 30.8. The zero-order valence-electron chi connectivity index (χ0n) is 11.6. The highest BCUT2D eigenvalue weighted by atomic mass is 32.2. The molecule has 1 amide bonds. The number of aryl methyl sites for hydroxylation is 2. The average molecular weight is 306 g/mol. The van der Waals surface area contributed by atoms with Gasteiger partial charge in [-0.05, 0) is 13.8 Å². The van der Waals surface area contributed by atoms with E-state index in [1.54, 1.807) is 0 Å². The minimum atomic E-state index is -3.91. The van der Waals surface area contributed by atoms with E-state index in [-0.39, 0.29) is 26.8 Å². The van der Waals surface area contributed by atoms with Crippen molar-refractivity contribution in [2.75, 3.05) is 5.75 Å². The van der Waals surface area contributed by atoms with Crippen LogP contribution in [-0.2, 0) is 14.8 Å². The van der Waals surface area contributed by atoms with E-state index in [1.165, 1.54) is 25.6 Å². The summed E-state index contributed by atoms with van der Waals surface area (Å²) in [4.78, 5) is 11.6. The van der Waals surface area contributed by atoms with Gasteiger partial charge in [0.25, 0.3) is 10.0 Å². The molecule has 0 spiro atoms. The van der Waals surface area contributed by atoms with Gasteiger partial charge in [0, 0.05) is 4.75 Å². The van der Waals surface area contributed by atoms with Crippen LogP contribution in [0.2, 0.25) is 0 Å². The molecule has 0 fully saturated rings. The molecule has 0 atom stereocenters. The molecule has 0 unspecified atom stereocenters. The molecule has 0 radical (unpaired) electrons. The maximum absolute atomic E-state index is 12.0. The van der Waals surface area contributed by atoms with Crippen LogP contribution in [0.1, 0.15) is 32.2 Å². The van der Waals surface area contributed by atoms with E-state index in [4.69, 9.17) is 4.52 Å². The standard InChI is InChI=1S/C11H18N2O4S2/c1-7-10(8(2)17-12-7)19(15,16)13-9(14)6-18-11(3,4)5/h6H2,1-5H3,(H,13,14). The summed E-state index contributed by atoms with van der Waals surface area (Å²) in [7, 11) is -3.91. The number of thioether (sulfide) groups is 1. The Hall–Kier alpha value is -1.02. The number of hydrogen-bond donors (Lipinski definition) is 1. The lowest BCUT2D eigenvalue weighted by atomic mass is 10.3. The van der Waals surface area contributed by atoms with Crippen LogP contribution in [0.25, 0.3) is 0 Å². The van der Waals surface area contributed by atoms with E-state index < -0.39 is 15.9 Å². The Morgan fingerprint density at radius 3 is 2.37 bits per heavy atom. The van der Waals surface area contributed by atoms with Crippen molar-refractivity contribution >= 4 is 27.7 Å². The molecule has 108 valence electrons. The molecule has 0 aromatic carbocycles. The number of amides is 1. The van der Waals surface area contributed by atoms with Crippen molar-refractivity contribution in [2.24, 2.45) is 0 Å². The van der Waals surface area contributed by atoms with Gasteiger partial charge in [-0.2, -0.15) is 0 Å². The molecule has 0 saturated carbocycles. The summed E-state index contributed by atoms with van der Waals surface area (Å²) in [6, 6.07) is 0. The molecule has 6 nitrogen and oxygen atoms in total. The van der Waals surface area contributed by atoms with Crippen molar-refractivity contribution in [3.63, 3.8) is 0 Å². The third-order valence-electron chi connectivity index (χ3n) is 2.12. The number of carbonyl (C=O) groups excluding carboxylic acids is 1. The second kappa shape index (κ2) is 5.54. The van der Waals surface area contributed by atoms with E-state index in [0.29, 0.717) is 0 Å². The van der Waals surface area contributed by atoms with Crippen LogP contribution in [0.3, 0.4) is 0 Å². The quantitative estimate of drug-likeness (QED) is 0.909. The predicted octanol–water partition coefficient (Wildman–Crippen LogP) is 1.63. The van der Waals surface area contributed by atoms with E-state index >= 15 is 0 Å². The van der Waals surface area contributed by atoms with Crippen molar-refractivity contribution < 1.29 is 17.7 Å². The molecular formula is C11H18N2O4S2. The van der Waals surface area contributed by atoms with Crippen LogP contribution in [0.15, 0.2) is 9.42 Å². The molecule has 0 aliphatic heterocycles. The molecule has 1 heterocycles. The first-order valence-electron chi connectivity index (χ1n) is 5.65. The monoisotopic (exact) mass is 306 g/mol. The molecule has 0 aliphatic carbocycles. The highest BCUT2D eigenvalue weighted by Crippen LogP contribution is 2.23. The molecule has 0 bridgehead atoms. The molecule has 8 heteroatoms. The van der Waals surface area contributed by atoms with Crippen LogP contribution in [0, 0.1) is 13.8 Å². The van der Waals surface area contributed by atoms with E-state index in [9.17, 15) is 13.2 Å². The van der Waals surface area contributed by atoms with Crippen LogP contribution >= 0.6 is 11.8 Å². The maximum Gasteiger partial charge on any atom is 0.269 e. The van der Waals surface area contributed by atoms with Crippen molar-refractivity contribution in [3.05, 3.63) is 11.5 Å². The summed E-state index contributed by atoms with van der Waals surface area (Å²) in [5, 5.41) is 3.56. The van der Waals surface area contributed by atoms with Gasteiger partial charge in [-0.25, -0.2) is 13.1 Å². The smallest absolute Gasteiger partial charge is 0.269 e. The number of rotatable bonds is 4. The van der Waals surface area contributed by atoms with Gasteiger partial charge in [0.15, 0.2) is 10.7 Å². The fourth-order valence-electron chi connectivity index (χ4n) is 1.37. The van der Waals surface area contributed by atoms with Crippen LogP contribution < -0.4 is 4.72 Å². The summed E-state index contributed by atoms with van der Waals surface area (Å²) >= 11 is 1.37. The maximum atomic E-state index is 12.0. The van der Waals surface area contributed by atoms with Gasteiger partial charge in [0.05, 0.1) is 5.75 Å². The normalized spacial score (nSPS) is 12.5. The molecule has 1 N–H and O–H groups in total. The first-order chi connectivity index (χ1) is 8.53. The Morgan fingerprint density at radius 2 is 1.95 bits per heavy atom. The number of carbonyl (C=O) groups is 1. The topological polar surface area (TPSA) is 89.3 Å².